The number of hydrogen-bond donors (Lipinski definition) is 2. The van der Waals surface area contributed by atoms with Gasteiger partial charge in [0.25, 0.3) is 0 Å². The molecule has 3 aromatic rings. The van der Waals surface area contributed by atoms with E-state index in [2.05, 4.69) is 45.0 Å². The lowest BCUT2D eigenvalue weighted by molar-refractivity contribution is 0.0651. The van der Waals surface area contributed by atoms with Crippen LogP contribution in [0.5, 0.6) is 0 Å². The van der Waals surface area contributed by atoms with Crippen molar-refractivity contribution in [2.45, 2.75) is 26.2 Å². The lowest BCUT2D eigenvalue weighted by Gasteiger charge is -2.19. The summed E-state index contributed by atoms with van der Waals surface area (Å²) in [6, 6.07) is 22.5. The first-order valence-corrected chi connectivity index (χ1v) is 9.65. The van der Waals surface area contributed by atoms with Gasteiger partial charge in [-0.3, -0.25) is 0 Å². The molecule has 152 valence electrons. The van der Waals surface area contributed by atoms with Crippen LogP contribution in [0.15, 0.2) is 72.8 Å². The first kappa shape index (κ1) is 21.1. The van der Waals surface area contributed by atoms with E-state index >= 15 is 0 Å². The largest absolute Gasteiger partial charge is 0.478 e. The van der Waals surface area contributed by atoms with Gasteiger partial charge in [0.2, 0.25) is 0 Å². The Hall–Kier alpha value is -3.66. The number of rotatable bonds is 5. The number of carboxylic acid groups (broad SMARTS) is 2. The molecule has 3 rings (SSSR count). The Bertz CT molecular complexity index is 1100. The second-order valence-electron chi connectivity index (χ2n) is 8.17. The molecule has 0 bridgehead atoms. The molecule has 0 aliphatic heterocycles. The molecule has 0 amide bonds. The number of aromatic carboxylic acids is 2. The summed E-state index contributed by atoms with van der Waals surface area (Å²) >= 11 is 0. The van der Waals surface area contributed by atoms with Crippen LogP contribution < -0.4 is 0 Å². The molecular formula is C26H24O4. The molecule has 4 nitrogen and oxygen atoms in total. The Kier molecular flexibility index (Phi) is 5.88. The molecule has 0 aliphatic rings. The van der Waals surface area contributed by atoms with Crippen LogP contribution in [-0.2, 0) is 5.41 Å². The fourth-order valence-electron chi connectivity index (χ4n) is 3.28. The number of benzene rings is 3. The van der Waals surface area contributed by atoms with Crippen LogP contribution in [-0.4, -0.2) is 22.2 Å². The Labute approximate surface area is 176 Å². The third kappa shape index (κ3) is 4.66. The zero-order valence-corrected chi connectivity index (χ0v) is 17.2. The van der Waals surface area contributed by atoms with E-state index in [0.29, 0.717) is 5.56 Å². The number of carboxylic acids is 2. The van der Waals surface area contributed by atoms with Crippen LogP contribution in [0.2, 0.25) is 0 Å². The van der Waals surface area contributed by atoms with E-state index in [1.807, 2.05) is 36.4 Å². The first-order chi connectivity index (χ1) is 14.2. The van der Waals surface area contributed by atoms with E-state index in [9.17, 15) is 19.8 Å². The van der Waals surface area contributed by atoms with Crippen molar-refractivity contribution < 1.29 is 19.8 Å². The molecule has 0 spiro atoms. The molecule has 0 aromatic heterocycles. The van der Waals surface area contributed by atoms with E-state index in [1.54, 1.807) is 6.07 Å². The Morgan fingerprint density at radius 2 is 1.30 bits per heavy atom. The topological polar surface area (TPSA) is 74.6 Å². The number of carbonyl (C=O) groups is 2. The highest BCUT2D eigenvalue weighted by Crippen LogP contribution is 2.29. The van der Waals surface area contributed by atoms with E-state index in [1.165, 1.54) is 17.7 Å². The van der Waals surface area contributed by atoms with E-state index in [4.69, 9.17) is 0 Å². The highest BCUT2D eigenvalue weighted by atomic mass is 16.4. The normalized spacial score (nSPS) is 11.9. The maximum absolute atomic E-state index is 11.6. The van der Waals surface area contributed by atoms with Crippen molar-refractivity contribution >= 4 is 23.6 Å². The summed E-state index contributed by atoms with van der Waals surface area (Å²) in [6.45, 7) is 6.48. The molecule has 0 saturated carbocycles. The van der Waals surface area contributed by atoms with Gasteiger partial charge in [-0.1, -0.05) is 81.4 Å². The average Bonchev–Trinajstić information content (AvgIpc) is 2.72. The molecule has 0 heterocycles. The molecule has 0 radical (unpaired) electrons. The Balaban J connectivity index is 2.15. The standard InChI is InChI=1S/C26H24O4/c1-26(2,3)20-12-10-19(11-13-20)22(18-7-5-4-6-8-18)15-17-9-14-21(24(27)28)23(16-17)25(29)30/h4-16H,1-3H3,(H,27,28)(H,29,30). The Morgan fingerprint density at radius 1 is 0.733 bits per heavy atom. The fourth-order valence-corrected chi connectivity index (χ4v) is 3.28. The second-order valence-corrected chi connectivity index (χ2v) is 8.17. The molecule has 2 N–H and O–H groups in total. The summed E-state index contributed by atoms with van der Waals surface area (Å²) in [4.78, 5) is 22.9. The quantitative estimate of drug-likeness (QED) is 0.518. The van der Waals surface area contributed by atoms with Crippen molar-refractivity contribution in [1.29, 1.82) is 0 Å². The smallest absolute Gasteiger partial charge is 0.336 e. The van der Waals surface area contributed by atoms with Gasteiger partial charge in [0.05, 0.1) is 11.1 Å². The van der Waals surface area contributed by atoms with Crippen LogP contribution in [0.1, 0.15) is 63.7 Å². The molecule has 4 heteroatoms. The van der Waals surface area contributed by atoms with Crippen molar-refractivity contribution in [3.63, 3.8) is 0 Å². The monoisotopic (exact) mass is 400 g/mol. The van der Waals surface area contributed by atoms with E-state index in [-0.39, 0.29) is 16.5 Å². The molecule has 0 fully saturated rings. The summed E-state index contributed by atoms with van der Waals surface area (Å²) in [5, 5.41) is 18.7. The van der Waals surface area contributed by atoms with Gasteiger partial charge in [-0.25, -0.2) is 9.59 Å². The van der Waals surface area contributed by atoms with Crippen LogP contribution in [0, 0.1) is 0 Å². The second kappa shape index (κ2) is 8.37. The molecule has 0 atom stereocenters. The fraction of sp³-hybridized carbons (Fsp3) is 0.154. The average molecular weight is 400 g/mol. The maximum atomic E-state index is 11.6. The van der Waals surface area contributed by atoms with E-state index < -0.39 is 11.9 Å². The summed E-state index contributed by atoms with van der Waals surface area (Å²) < 4.78 is 0. The molecule has 0 aliphatic carbocycles. The van der Waals surface area contributed by atoms with Gasteiger partial charge in [0, 0.05) is 0 Å². The zero-order valence-electron chi connectivity index (χ0n) is 17.2. The first-order valence-electron chi connectivity index (χ1n) is 9.65. The van der Waals surface area contributed by atoms with Crippen LogP contribution in [0.4, 0.5) is 0 Å². The molecular weight excluding hydrogens is 376 g/mol. The van der Waals surface area contributed by atoms with Gasteiger partial charge >= 0.3 is 11.9 Å². The van der Waals surface area contributed by atoms with Crippen LogP contribution in [0.25, 0.3) is 11.6 Å². The van der Waals surface area contributed by atoms with Crippen molar-refractivity contribution in [2.75, 3.05) is 0 Å². The van der Waals surface area contributed by atoms with Crippen LogP contribution >= 0.6 is 0 Å². The highest BCUT2D eigenvalue weighted by Gasteiger charge is 2.17. The number of hydrogen-bond acceptors (Lipinski definition) is 2. The Morgan fingerprint density at radius 3 is 1.83 bits per heavy atom. The predicted molar refractivity (Wildman–Crippen MR) is 119 cm³/mol. The van der Waals surface area contributed by atoms with Gasteiger partial charge in [-0.05, 0) is 51.5 Å². The lowest BCUT2D eigenvalue weighted by Crippen LogP contribution is -2.10. The summed E-state index contributed by atoms with van der Waals surface area (Å²) in [5.74, 6) is -2.53. The van der Waals surface area contributed by atoms with Crippen molar-refractivity contribution in [3.8, 4) is 0 Å². The summed E-state index contributed by atoms with van der Waals surface area (Å²) in [5.41, 5.74) is 4.33. The van der Waals surface area contributed by atoms with Crippen LogP contribution in [0.3, 0.4) is 0 Å². The molecule has 0 unspecified atom stereocenters. The predicted octanol–water partition coefficient (Wildman–Crippen LogP) is 5.97. The summed E-state index contributed by atoms with van der Waals surface area (Å²) in [7, 11) is 0. The van der Waals surface area contributed by atoms with Gasteiger partial charge in [0.15, 0.2) is 0 Å². The third-order valence-electron chi connectivity index (χ3n) is 4.96. The van der Waals surface area contributed by atoms with Crippen molar-refractivity contribution in [1.82, 2.24) is 0 Å². The van der Waals surface area contributed by atoms with Gasteiger partial charge in [-0.15, -0.1) is 0 Å². The molecule has 30 heavy (non-hydrogen) atoms. The van der Waals surface area contributed by atoms with E-state index in [0.717, 1.165) is 16.7 Å². The lowest BCUT2D eigenvalue weighted by atomic mass is 9.85. The zero-order chi connectivity index (χ0) is 21.9. The highest BCUT2D eigenvalue weighted by molar-refractivity contribution is 6.02. The minimum Gasteiger partial charge on any atom is -0.478 e. The van der Waals surface area contributed by atoms with Gasteiger partial charge in [-0.2, -0.15) is 0 Å². The minimum absolute atomic E-state index is 0.0399. The third-order valence-corrected chi connectivity index (χ3v) is 4.96. The SMILES string of the molecule is CC(C)(C)c1ccc(C(=Cc2ccc(C(=O)O)c(C(=O)O)c2)c2ccccc2)cc1. The van der Waals surface area contributed by atoms with Gasteiger partial charge < -0.3 is 10.2 Å². The van der Waals surface area contributed by atoms with Crippen molar-refractivity contribution in [2.24, 2.45) is 0 Å². The van der Waals surface area contributed by atoms with Gasteiger partial charge in [0.1, 0.15) is 0 Å². The molecule has 0 saturated heterocycles. The summed E-state index contributed by atoms with van der Waals surface area (Å²) in [6.07, 6.45) is 1.89. The molecule has 3 aromatic carbocycles. The minimum atomic E-state index is -1.27. The van der Waals surface area contributed by atoms with Crippen molar-refractivity contribution in [3.05, 3.63) is 106 Å². The maximum Gasteiger partial charge on any atom is 0.336 e.